The zero-order valence-corrected chi connectivity index (χ0v) is 13.7. The van der Waals surface area contributed by atoms with Crippen molar-refractivity contribution in [2.45, 2.75) is 83.3 Å². The highest BCUT2D eigenvalue weighted by atomic mass is 16.5. The number of hydrogen-bond donors (Lipinski definition) is 0. The van der Waals surface area contributed by atoms with Gasteiger partial charge in [-0.2, -0.15) is 0 Å². The third-order valence-electron chi connectivity index (χ3n) is 7.03. The number of ether oxygens (including phenoxy) is 2. The summed E-state index contributed by atoms with van der Waals surface area (Å²) in [6.07, 6.45) is 14.9. The summed E-state index contributed by atoms with van der Waals surface area (Å²) in [4.78, 5) is 0. The second-order valence-electron chi connectivity index (χ2n) is 8.57. The molecule has 120 valence electrons. The van der Waals surface area contributed by atoms with E-state index in [1.165, 1.54) is 57.8 Å². The summed E-state index contributed by atoms with van der Waals surface area (Å²) < 4.78 is 12.2. The quantitative estimate of drug-likeness (QED) is 0.739. The molecule has 0 radical (unpaired) electrons. The maximum Gasteiger partial charge on any atom is 0.0603 e. The van der Waals surface area contributed by atoms with Crippen LogP contribution in [0.1, 0.15) is 71.1 Å². The molecule has 0 N–H and O–H groups in total. The summed E-state index contributed by atoms with van der Waals surface area (Å²) in [5.41, 5.74) is 0.544. The van der Waals surface area contributed by atoms with Gasteiger partial charge in [-0.3, -0.25) is 0 Å². The molecule has 0 amide bonds. The van der Waals surface area contributed by atoms with Gasteiger partial charge in [-0.05, 0) is 94.3 Å². The molecule has 2 atom stereocenters. The molecule has 4 aliphatic carbocycles. The van der Waals surface area contributed by atoms with Crippen molar-refractivity contribution >= 4 is 0 Å². The maximum atomic E-state index is 6.35. The van der Waals surface area contributed by atoms with Crippen molar-refractivity contribution in [1.82, 2.24) is 0 Å². The Morgan fingerprint density at radius 1 is 1.05 bits per heavy atom. The van der Waals surface area contributed by atoms with Crippen molar-refractivity contribution in [3.8, 4) is 0 Å². The summed E-state index contributed by atoms with van der Waals surface area (Å²) >= 11 is 0. The standard InChI is InChI=1S/C19H32O2/c1-14(20-7-5-18-4-2-3-6-21-18)19-11-15-8-16(12-19)10-17(9-15)13-19/h14-18H,2-13H2,1H3/t14-,15?,16?,17?,18?,19?/m0/s1. The third-order valence-corrected chi connectivity index (χ3v) is 7.03. The van der Waals surface area contributed by atoms with Crippen LogP contribution in [0.4, 0.5) is 0 Å². The maximum absolute atomic E-state index is 6.35. The van der Waals surface area contributed by atoms with Crippen LogP contribution < -0.4 is 0 Å². The average molecular weight is 292 g/mol. The highest BCUT2D eigenvalue weighted by molar-refractivity contribution is 5.03. The molecule has 1 aliphatic heterocycles. The lowest BCUT2D eigenvalue weighted by molar-refractivity contribution is -0.139. The molecule has 0 aromatic carbocycles. The molecular weight excluding hydrogens is 260 g/mol. The summed E-state index contributed by atoms with van der Waals surface area (Å²) in [6.45, 7) is 4.25. The van der Waals surface area contributed by atoms with Gasteiger partial charge in [-0.1, -0.05) is 0 Å². The average Bonchev–Trinajstić information content (AvgIpc) is 2.47. The van der Waals surface area contributed by atoms with Crippen molar-refractivity contribution < 1.29 is 9.47 Å². The van der Waals surface area contributed by atoms with E-state index in [1.54, 1.807) is 0 Å². The molecule has 1 heterocycles. The van der Waals surface area contributed by atoms with Crippen molar-refractivity contribution in [2.24, 2.45) is 23.2 Å². The molecular formula is C19H32O2. The Labute approximate surface area is 130 Å². The Morgan fingerprint density at radius 3 is 2.29 bits per heavy atom. The molecule has 4 bridgehead atoms. The van der Waals surface area contributed by atoms with Gasteiger partial charge in [0.25, 0.3) is 0 Å². The van der Waals surface area contributed by atoms with Crippen LogP contribution in [0.3, 0.4) is 0 Å². The first kappa shape index (κ1) is 14.5. The summed E-state index contributed by atoms with van der Waals surface area (Å²) in [5.74, 6) is 3.09. The van der Waals surface area contributed by atoms with Crippen LogP contribution >= 0.6 is 0 Å². The van der Waals surface area contributed by atoms with Gasteiger partial charge in [0.05, 0.1) is 12.2 Å². The highest BCUT2D eigenvalue weighted by Crippen LogP contribution is 2.61. The van der Waals surface area contributed by atoms with Gasteiger partial charge in [0, 0.05) is 13.2 Å². The largest absolute Gasteiger partial charge is 0.378 e. The topological polar surface area (TPSA) is 18.5 Å². The number of rotatable bonds is 5. The number of hydrogen-bond acceptors (Lipinski definition) is 2. The van der Waals surface area contributed by atoms with Crippen molar-refractivity contribution in [3.63, 3.8) is 0 Å². The molecule has 1 unspecified atom stereocenters. The SMILES string of the molecule is C[C@H](OCCC1CCCCO1)C12CC3CC(CC(C3)C1)C2. The molecule has 5 rings (SSSR count). The van der Waals surface area contributed by atoms with E-state index < -0.39 is 0 Å². The fourth-order valence-corrected chi connectivity index (χ4v) is 6.26. The lowest BCUT2D eigenvalue weighted by Gasteiger charge is -2.58. The van der Waals surface area contributed by atoms with Gasteiger partial charge in [0.1, 0.15) is 0 Å². The minimum absolute atomic E-state index is 0.467. The monoisotopic (exact) mass is 292 g/mol. The molecule has 4 saturated carbocycles. The van der Waals surface area contributed by atoms with Crippen LogP contribution in [-0.2, 0) is 9.47 Å². The van der Waals surface area contributed by atoms with E-state index >= 15 is 0 Å². The van der Waals surface area contributed by atoms with Gasteiger partial charge in [-0.15, -0.1) is 0 Å². The van der Waals surface area contributed by atoms with Crippen LogP contribution in [0, 0.1) is 23.2 Å². The van der Waals surface area contributed by atoms with Crippen molar-refractivity contribution in [2.75, 3.05) is 13.2 Å². The zero-order valence-electron chi connectivity index (χ0n) is 13.7. The zero-order chi connectivity index (χ0) is 14.3. The normalized spacial score (nSPS) is 46.7. The van der Waals surface area contributed by atoms with E-state index in [9.17, 15) is 0 Å². The van der Waals surface area contributed by atoms with Crippen molar-refractivity contribution in [1.29, 1.82) is 0 Å². The fourth-order valence-electron chi connectivity index (χ4n) is 6.26. The molecule has 5 aliphatic rings. The van der Waals surface area contributed by atoms with Gasteiger partial charge in [0.15, 0.2) is 0 Å². The second kappa shape index (κ2) is 5.85. The van der Waals surface area contributed by atoms with Gasteiger partial charge in [0.2, 0.25) is 0 Å². The van der Waals surface area contributed by atoms with Crippen LogP contribution in [0.5, 0.6) is 0 Å². The molecule has 5 fully saturated rings. The van der Waals surface area contributed by atoms with E-state index in [0.29, 0.717) is 17.6 Å². The molecule has 2 nitrogen and oxygen atoms in total. The van der Waals surface area contributed by atoms with Crippen LogP contribution in [0.25, 0.3) is 0 Å². The Bertz CT molecular complexity index is 323. The molecule has 1 saturated heterocycles. The first-order valence-electron chi connectivity index (χ1n) is 9.47. The molecule has 2 heteroatoms. The van der Waals surface area contributed by atoms with Crippen LogP contribution in [0.2, 0.25) is 0 Å². The molecule has 0 aromatic heterocycles. The summed E-state index contributed by atoms with van der Waals surface area (Å²) in [6, 6.07) is 0. The molecule has 0 aromatic rings. The third kappa shape index (κ3) is 2.91. The highest BCUT2D eigenvalue weighted by Gasteiger charge is 2.53. The van der Waals surface area contributed by atoms with E-state index in [1.807, 2.05) is 0 Å². The lowest BCUT2D eigenvalue weighted by atomic mass is 9.48. The Morgan fingerprint density at radius 2 is 1.71 bits per heavy atom. The van der Waals surface area contributed by atoms with E-state index in [4.69, 9.17) is 9.47 Å². The van der Waals surface area contributed by atoms with E-state index in [0.717, 1.165) is 37.4 Å². The summed E-state index contributed by atoms with van der Waals surface area (Å²) in [7, 11) is 0. The second-order valence-corrected chi connectivity index (χ2v) is 8.57. The van der Waals surface area contributed by atoms with E-state index in [-0.39, 0.29) is 0 Å². The summed E-state index contributed by atoms with van der Waals surface area (Å²) in [5, 5.41) is 0. The first-order chi connectivity index (χ1) is 10.2. The predicted molar refractivity (Wildman–Crippen MR) is 84.2 cm³/mol. The van der Waals surface area contributed by atoms with Gasteiger partial charge in [-0.25, -0.2) is 0 Å². The minimum Gasteiger partial charge on any atom is -0.378 e. The van der Waals surface area contributed by atoms with Crippen LogP contribution in [0.15, 0.2) is 0 Å². The lowest BCUT2D eigenvalue weighted by Crippen LogP contribution is -2.51. The van der Waals surface area contributed by atoms with Gasteiger partial charge < -0.3 is 9.47 Å². The Balaban J connectivity index is 1.29. The van der Waals surface area contributed by atoms with E-state index in [2.05, 4.69) is 6.92 Å². The minimum atomic E-state index is 0.467. The Kier molecular flexibility index (Phi) is 4.04. The van der Waals surface area contributed by atoms with Crippen molar-refractivity contribution in [3.05, 3.63) is 0 Å². The fraction of sp³-hybridized carbons (Fsp3) is 1.00. The molecule has 21 heavy (non-hydrogen) atoms. The smallest absolute Gasteiger partial charge is 0.0603 e. The molecule has 0 spiro atoms. The van der Waals surface area contributed by atoms with Gasteiger partial charge >= 0.3 is 0 Å². The first-order valence-corrected chi connectivity index (χ1v) is 9.47. The Hall–Kier alpha value is -0.0800. The predicted octanol–water partition coefficient (Wildman–Crippen LogP) is 4.57. The van der Waals surface area contributed by atoms with Crippen LogP contribution in [-0.4, -0.2) is 25.4 Å².